The van der Waals surface area contributed by atoms with Gasteiger partial charge in [0.15, 0.2) is 0 Å². The number of carbonyl (C=O) groups excluding carboxylic acids is 2. The van der Waals surface area contributed by atoms with E-state index in [-0.39, 0.29) is 11.8 Å². The lowest BCUT2D eigenvalue weighted by Gasteiger charge is -2.28. The van der Waals surface area contributed by atoms with Crippen molar-refractivity contribution in [2.75, 3.05) is 45.6 Å². The number of benzene rings is 2. The van der Waals surface area contributed by atoms with Crippen LogP contribution in [0.4, 0.5) is 5.69 Å². The molecule has 1 heterocycles. The number of amides is 2. The molecule has 1 aliphatic rings. The van der Waals surface area contributed by atoms with Crippen molar-refractivity contribution in [2.45, 2.75) is 6.42 Å². The standard InChI is InChI=1S/C19H24N4O2/c1-22(2)11-4-12-23-18(24)14-6-3-5-13-16(21-10-9-20)8-7-15(17(13)14)19(23)25/h3,5-8,21H,4,9-12,20H2,1-2H3. The van der Waals surface area contributed by atoms with Crippen LogP contribution in [0.5, 0.6) is 0 Å². The second-order valence-corrected chi connectivity index (χ2v) is 6.52. The molecule has 0 aromatic heterocycles. The highest BCUT2D eigenvalue weighted by atomic mass is 16.2. The number of nitrogens with two attached hydrogens (primary N) is 1. The zero-order valence-electron chi connectivity index (χ0n) is 14.7. The van der Waals surface area contributed by atoms with Gasteiger partial charge in [-0.05, 0) is 45.3 Å². The molecule has 3 rings (SSSR count). The van der Waals surface area contributed by atoms with E-state index in [2.05, 4.69) is 5.32 Å². The molecule has 3 N–H and O–H groups in total. The summed E-state index contributed by atoms with van der Waals surface area (Å²) < 4.78 is 0. The summed E-state index contributed by atoms with van der Waals surface area (Å²) in [6.07, 6.45) is 0.756. The summed E-state index contributed by atoms with van der Waals surface area (Å²) >= 11 is 0. The van der Waals surface area contributed by atoms with Crippen molar-refractivity contribution in [1.29, 1.82) is 0 Å². The molecular weight excluding hydrogens is 316 g/mol. The molecule has 0 spiro atoms. The van der Waals surface area contributed by atoms with Gasteiger partial charge >= 0.3 is 0 Å². The molecule has 0 atom stereocenters. The largest absolute Gasteiger partial charge is 0.383 e. The molecule has 2 amide bonds. The second kappa shape index (κ2) is 7.21. The Hall–Kier alpha value is -2.44. The molecule has 25 heavy (non-hydrogen) atoms. The van der Waals surface area contributed by atoms with Gasteiger partial charge in [0.25, 0.3) is 11.8 Å². The Balaban J connectivity index is 2.00. The van der Waals surface area contributed by atoms with E-state index in [4.69, 9.17) is 5.73 Å². The van der Waals surface area contributed by atoms with Gasteiger partial charge in [-0.3, -0.25) is 14.5 Å². The average molecular weight is 340 g/mol. The molecular formula is C19H24N4O2. The third-order valence-corrected chi connectivity index (χ3v) is 4.44. The van der Waals surface area contributed by atoms with Crippen LogP contribution < -0.4 is 11.1 Å². The van der Waals surface area contributed by atoms with Crippen molar-refractivity contribution in [2.24, 2.45) is 5.73 Å². The second-order valence-electron chi connectivity index (χ2n) is 6.52. The molecule has 132 valence electrons. The van der Waals surface area contributed by atoms with Gasteiger partial charge in [-0.15, -0.1) is 0 Å². The fraction of sp³-hybridized carbons (Fsp3) is 0.368. The van der Waals surface area contributed by atoms with E-state index >= 15 is 0 Å². The van der Waals surface area contributed by atoms with Crippen molar-refractivity contribution >= 4 is 28.3 Å². The van der Waals surface area contributed by atoms with Gasteiger partial charge < -0.3 is 16.0 Å². The van der Waals surface area contributed by atoms with Crippen molar-refractivity contribution < 1.29 is 9.59 Å². The Morgan fingerprint density at radius 2 is 1.80 bits per heavy atom. The first kappa shape index (κ1) is 17.4. The molecule has 0 unspecified atom stereocenters. The highest BCUT2D eigenvalue weighted by Crippen LogP contribution is 2.34. The van der Waals surface area contributed by atoms with Crippen LogP contribution >= 0.6 is 0 Å². The van der Waals surface area contributed by atoms with Crippen LogP contribution in [-0.4, -0.2) is 61.9 Å². The van der Waals surface area contributed by atoms with Gasteiger partial charge in [0.2, 0.25) is 0 Å². The summed E-state index contributed by atoms with van der Waals surface area (Å²) in [5.74, 6) is -0.421. The van der Waals surface area contributed by atoms with Gasteiger partial charge in [-0.2, -0.15) is 0 Å². The SMILES string of the molecule is CN(C)CCCN1C(=O)c2cccc3c(NCCN)ccc(c23)C1=O. The van der Waals surface area contributed by atoms with E-state index in [0.717, 1.165) is 29.4 Å². The third kappa shape index (κ3) is 3.23. The maximum Gasteiger partial charge on any atom is 0.261 e. The van der Waals surface area contributed by atoms with E-state index in [1.54, 1.807) is 12.1 Å². The summed E-state index contributed by atoms with van der Waals surface area (Å²) in [6, 6.07) is 9.29. The molecule has 1 aliphatic heterocycles. The lowest BCUT2D eigenvalue weighted by molar-refractivity contribution is 0.0606. The lowest BCUT2D eigenvalue weighted by atomic mass is 9.93. The van der Waals surface area contributed by atoms with Gasteiger partial charge in [0.05, 0.1) is 0 Å². The van der Waals surface area contributed by atoms with Crippen molar-refractivity contribution in [3.8, 4) is 0 Å². The first-order valence-electron chi connectivity index (χ1n) is 8.55. The number of nitrogens with zero attached hydrogens (tertiary/aromatic N) is 2. The molecule has 2 aromatic carbocycles. The number of carbonyl (C=O) groups is 2. The maximum absolute atomic E-state index is 12.9. The quantitative estimate of drug-likeness (QED) is 0.751. The van der Waals surface area contributed by atoms with Gasteiger partial charge in [0.1, 0.15) is 0 Å². The zero-order chi connectivity index (χ0) is 18.0. The zero-order valence-corrected chi connectivity index (χ0v) is 14.7. The summed E-state index contributed by atoms with van der Waals surface area (Å²) in [4.78, 5) is 29.1. The van der Waals surface area contributed by atoms with Crippen molar-refractivity contribution in [3.05, 3.63) is 41.5 Å². The van der Waals surface area contributed by atoms with Crippen LogP contribution in [0.3, 0.4) is 0 Å². The molecule has 6 nitrogen and oxygen atoms in total. The lowest BCUT2D eigenvalue weighted by Crippen LogP contribution is -2.41. The number of nitrogens with one attached hydrogen (secondary N) is 1. The normalized spacial score (nSPS) is 13.8. The Bertz CT molecular complexity index is 794. The van der Waals surface area contributed by atoms with Gasteiger partial charge in [-0.1, -0.05) is 12.1 Å². The topological polar surface area (TPSA) is 78.7 Å². The molecule has 0 aliphatic carbocycles. The molecule has 6 heteroatoms. The van der Waals surface area contributed by atoms with Crippen LogP contribution in [0, 0.1) is 0 Å². The van der Waals surface area contributed by atoms with Crippen LogP contribution in [0.2, 0.25) is 0 Å². The predicted octanol–water partition coefficient (Wildman–Crippen LogP) is 1.76. The number of rotatable bonds is 7. The van der Waals surface area contributed by atoms with E-state index in [0.29, 0.717) is 30.8 Å². The van der Waals surface area contributed by atoms with E-state index in [9.17, 15) is 9.59 Å². The number of hydrogen-bond acceptors (Lipinski definition) is 5. The van der Waals surface area contributed by atoms with Crippen LogP contribution in [0.25, 0.3) is 10.8 Å². The third-order valence-electron chi connectivity index (χ3n) is 4.44. The molecule has 0 saturated carbocycles. The Kier molecular flexibility index (Phi) is 5.01. The summed E-state index contributed by atoms with van der Waals surface area (Å²) in [6.45, 7) is 2.41. The fourth-order valence-corrected chi connectivity index (χ4v) is 3.26. The van der Waals surface area contributed by atoms with E-state index < -0.39 is 0 Å². The minimum atomic E-state index is -0.210. The van der Waals surface area contributed by atoms with E-state index in [1.165, 1.54) is 4.90 Å². The smallest absolute Gasteiger partial charge is 0.261 e. The minimum Gasteiger partial charge on any atom is -0.383 e. The predicted molar refractivity (Wildman–Crippen MR) is 100 cm³/mol. The highest BCUT2D eigenvalue weighted by Gasteiger charge is 2.32. The molecule has 2 aromatic rings. The molecule has 0 saturated heterocycles. The summed E-state index contributed by atoms with van der Waals surface area (Å²) in [7, 11) is 3.96. The van der Waals surface area contributed by atoms with Gasteiger partial charge in [0, 0.05) is 47.2 Å². The fourth-order valence-electron chi connectivity index (χ4n) is 3.26. The summed E-state index contributed by atoms with van der Waals surface area (Å²) in [5, 5.41) is 4.89. The average Bonchev–Trinajstić information content (AvgIpc) is 2.60. The molecule has 0 bridgehead atoms. The first-order chi connectivity index (χ1) is 12.0. The monoisotopic (exact) mass is 340 g/mol. The molecule has 0 fully saturated rings. The summed E-state index contributed by atoms with van der Waals surface area (Å²) in [5.41, 5.74) is 7.64. The van der Waals surface area contributed by atoms with Gasteiger partial charge in [-0.25, -0.2) is 0 Å². The maximum atomic E-state index is 12.9. The Labute approximate surface area is 147 Å². The van der Waals surface area contributed by atoms with E-state index in [1.807, 2.05) is 37.2 Å². The number of anilines is 1. The minimum absolute atomic E-state index is 0.210. The number of hydrogen-bond donors (Lipinski definition) is 2. The van der Waals surface area contributed by atoms with Crippen LogP contribution in [-0.2, 0) is 0 Å². The van der Waals surface area contributed by atoms with Crippen LogP contribution in [0.15, 0.2) is 30.3 Å². The van der Waals surface area contributed by atoms with Crippen molar-refractivity contribution in [3.63, 3.8) is 0 Å². The molecule has 0 radical (unpaired) electrons. The van der Waals surface area contributed by atoms with Crippen LogP contribution in [0.1, 0.15) is 27.1 Å². The first-order valence-corrected chi connectivity index (χ1v) is 8.55. The number of imide groups is 1. The Morgan fingerprint density at radius 1 is 1.08 bits per heavy atom. The van der Waals surface area contributed by atoms with Crippen molar-refractivity contribution in [1.82, 2.24) is 9.80 Å². The Morgan fingerprint density at radius 3 is 2.48 bits per heavy atom. The highest BCUT2D eigenvalue weighted by molar-refractivity contribution is 6.26.